The van der Waals surface area contributed by atoms with Crippen LogP contribution in [-0.4, -0.2) is 40.8 Å². The summed E-state index contributed by atoms with van der Waals surface area (Å²) in [5, 5.41) is 12.2. The maximum Gasteiger partial charge on any atom is 0.255 e. The van der Waals surface area contributed by atoms with E-state index in [9.17, 15) is 19.5 Å². The molecule has 1 saturated heterocycles. The summed E-state index contributed by atoms with van der Waals surface area (Å²) < 4.78 is 0. The van der Waals surface area contributed by atoms with E-state index in [-0.39, 0.29) is 35.7 Å². The number of imide groups is 1. The number of likely N-dealkylation sites (tertiary alicyclic amines) is 1. The second-order valence-corrected chi connectivity index (χ2v) is 4.60. The molecule has 1 heterocycles. The van der Waals surface area contributed by atoms with Crippen LogP contribution in [0.5, 0.6) is 5.75 Å². The number of benzene rings is 1. The van der Waals surface area contributed by atoms with Gasteiger partial charge in [-0.1, -0.05) is 6.07 Å². The summed E-state index contributed by atoms with van der Waals surface area (Å²) in [6.45, 7) is 0. The minimum absolute atomic E-state index is 0.00245. The molecule has 0 radical (unpaired) electrons. The van der Waals surface area contributed by atoms with Crippen molar-refractivity contribution >= 4 is 23.4 Å². The zero-order chi connectivity index (χ0) is 14.9. The normalized spacial score (nSPS) is 19.1. The number of carbonyl (C=O) groups is 3. The number of rotatable bonds is 2. The molecule has 1 aromatic rings. The van der Waals surface area contributed by atoms with E-state index in [0.717, 1.165) is 4.90 Å². The number of nitrogens with zero attached hydrogens (tertiary/aromatic N) is 1. The average molecular weight is 277 g/mol. The van der Waals surface area contributed by atoms with Crippen molar-refractivity contribution in [2.45, 2.75) is 18.9 Å². The van der Waals surface area contributed by atoms with Gasteiger partial charge in [-0.25, -0.2) is 0 Å². The number of phenols is 1. The molecule has 0 bridgehead atoms. The molecule has 1 atom stereocenters. The predicted molar refractivity (Wildman–Crippen MR) is 70.8 cm³/mol. The van der Waals surface area contributed by atoms with Gasteiger partial charge in [-0.15, -0.1) is 0 Å². The van der Waals surface area contributed by atoms with Crippen LogP contribution < -0.4 is 11.1 Å². The molecule has 0 spiro atoms. The number of phenolic OH excluding ortho intramolecular Hbond substituents is 1. The van der Waals surface area contributed by atoms with Gasteiger partial charge in [0.2, 0.25) is 5.91 Å². The molecule has 2 rings (SSSR count). The highest BCUT2D eigenvalue weighted by atomic mass is 16.3. The number of nitrogen functional groups attached to an aromatic ring is 1. The van der Waals surface area contributed by atoms with Gasteiger partial charge >= 0.3 is 0 Å². The van der Waals surface area contributed by atoms with Gasteiger partial charge in [0.1, 0.15) is 6.04 Å². The Labute approximate surface area is 115 Å². The zero-order valence-electron chi connectivity index (χ0n) is 10.9. The van der Waals surface area contributed by atoms with Crippen LogP contribution in [0.15, 0.2) is 18.2 Å². The Bertz CT molecular complexity index is 585. The molecule has 0 saturated carbocycles. The SMILES string of the molecule is CN1C(=O)CCC(NC(=O)c2cccc(N)c2O)C1=O. The number of likely N-dealkylation sites (N-methyl/N-ethyl adjacent to an activating group) is 1. The third-order valence-corrected chi connectivity index (χ3v) is 3.27. The van der Waals surface area contributed by atoms with Gasteiger partial charge in [-0.05, 0) is 18.6 Å². The molecule has 1 fully saturated rings. The van der Waals surface area contributed by atoms with Crippen molar-refractivity contribution < 1.29 is 19.5 Å². The fraction of sp³-hybridized carbons (Fsp3) is 0.308. The van der Waals surface area contributed by atoms with Crippen LogP contribution in [0.4, 0.5) is 5.69 Å². The Hall–Kier alpha value is -2.57. The number of aromatic hydroxyl groups is 1. The molecular formula is C13H15N3O4. The first-order valence-electron chi connectivity index (χ1n) is 6.10. The molecule has 1 aliphatic heterocycles. The summed E-state index contributed by atoms with van der Waals surface area (Å²) in [4.78, 5) is 36.2. The predicted octanol–water partition coefficient (Wildman–Crippen LogP) is -0.148. The smallest absolute Gasteiger partial charge is 0.255 e. The number of carbonyl (C=O) groups excluding carboxylic acids is 3. The minimum atomic E-state index is -0.772. The maximum atomic E-state index is 12.0. The first-order chi connectivity index (χ1) is 9.41. The van der Waals surface area contributed by atoms with Crippen LogP contribution in [0.1, 0.15) is 23.2 Å². The average Bonchev–Trinajstić information content (AvgIpc) is 2.42. The monoisotopic (exact) mass is 277 g/mol. The molecule has 3 amide bonds. The largest absolute Gasteiger partial charge is 0.505 e. The lowest BCUT2D eigenvalue weighted by Crippen LogP contribution is -2.52. The van der Waals surface area contributed by atoms with Gasteiger partial charge in [0.05, 0.1) is 11.3 Å². The number of anilines is 1. The Kier molecular flexibility index (Phi) is 3.60. The van der Waals surface area contributed by atoms with Crippen molar-refractivity contribution in [2.24, 2.45) is 0 Å². The fourth-order valence-electron chi connectivity index (χ4n) is 2.03. The first-order valence-corrected chi connectivity index (χ1v) is 6.10. The summed E-state index contributed by atoms with van der Waals surface area (Å²) in [5.41, 5.74) is 5.59. The van der Waals surface area contributed by atoms with E-state index >= 15 is 0 Å². The fourth-order valence-corrected chi connectivity index (χ4v) is 2.03. The maximum absolute atomic E-state index is 12.0. The second-order valence-electron chi connectivity index (χ2n) is 4.60. The van der Waals surface area contributed by atoms with Crippen LogP contribution in [0.2, 0.25) is 0 Å². The van der Waals surface area contributed by atoms with Crippen LogP contribution >= 0.6 is 0 Å². The van der Waals surface area contributed by atoms with Crippen molar-refractivity contribution in [3.05, 3.63) is 23.8 Å². The first kappa shape index (κ1) is 13.9. The van der Waals surface area contributed by atoms with Crippen LogP contribution in [0, 0.1) is 0 Å². The van der Waals surface area contributed by atoms with Gasteiger partial charge in [-0.3, -0.25) is 19.3 Å². The molecule has 106 valence electrons. The van der Waals surface area contributed by atoms with E-state index in [4.69, 9.17) is 5.73 Å². The molecule has 1 unspecified atom stereocenters. The number of nitrogens with one attached hydrogen (secondary N) is 1. The molecule has 0 aliphatic carbocycles. The molecule has 0 aromatic heterocycles. The van der Waals surface area contributed by atoms with Crippen LogP contribution in [0.25, 0.3) is 0 Å². The molecule has 7 nitrogen and oxygen atoms in total. The van der Waals surface area contributed by atoms with Gasteiger partial charge < -0.3 is 16.2 Å². The number of nitrogens with two attached hydrogens (primary N) is 1. The van der Waals surface area contributed by atoms with E-state index in [1.807, 2.05) is 0 Å². The van der Waals surface area contributed by atoms with Crippen molar-refractivity contribution in [1.82, 2.24) is 10.2 Å². The van der Waals surface area contributed by atoms with Gasteiger partial charge in [-0.2, -0.15) is 0 Å². The lowest BCUT2D eigenvalue weighted by molar-refractivity contribution is -0.147. The van der Waals surface area contributed by atoms with Crippen molar-refractivity contribution in [2.75, 3.05) is 12.8 Å². The van der Waals surface area contributed by atoms with E-state index in [1.54, 1.807) is 0 Å². The Morgan fingerprint density at radius 3 is 2.85 bits per heavy atom. The molecule has 1 aromatic carbocycles. The molecule has 20 heavy (non-hydrogen) atoms. The highest BCUT2D eigenvalue weighted by Crippen LogP contribution is 2.24. The Morgan fingerprint density at radius 1 is 1.45 bits per heavy atom. The minimum Gasteiger partial charge on any atom is -0.505 e. The molecular weight excluding hydrogens is 262 g/mol. The zero-order valence-corrected chi connectivity index (χ0v) is 10.9. The number of amides is 3. The van der Waals surface area contributed by atoms with Crippen LogP contribution in [0.3, 0.4) is 0 Å². The van der Waals surface area contributed by atoms with Gasteiger partial charge in [0, 0.05) is 13.5 Å². The summed E-state index contributed by atoms with van der Waals surface area (Å²) in [6, 6.07) is 3.63. The summed E-state index contributed by atoms with van der Waals surface area (Å²) in [6.07, 6.45) is 0.437. The van der Waals surface area contributed by atoms with Gasteiger partial charge in [0.15, 0.2) is 5.75 Å². The standard InChI is InChI=1S/C13H15N3O4/c1-16-10(17)6-5-9(13(16)20)15-12(19)7-3-2-4-8(14)11(7)18/h2-4,9,18H,5-6,14H2,1H3,(H,15,19). The Balaban J connectivity index is 2.14. The topological polar surface area (TPSA) is 113 Å². The highest BCUT2D eigenvalue weighted by molar-refractivity contribution is 6.04. The quantitative estimate of drug-likeness (QED) is 0.395. The molecule has 7 heteroatoms. The van der Waals surface area contributed by atoms with Crippen molar-refractivity contribution in [3.8, 4) is 5.75 Å². The summed E-state index contributed by atoms with van der Waals surface area (Å²) >= 11 is 0. The van der Waals surface area contributed by atoms with Gasteiger partial charge in [0.25, 0.3) is 11.8 Å². The summed E-state index contributed by atoms with van der Waals surface area (Å²) in [5.74, 6) is -1.65. The molecule has 4 N–H and O–H groups in total. The number of piperidine rings is 1. The van der Waals surface area contributed by atoms with E-state index < -0.39 is 17.9 Å². The van der Waals surface area contributed by atoms with Crippen molar-refractivity contribution in [3.63, 3.8) is 0 Å². The highest BCUT2D eigenvalue weighted by Gasteiger charge is 2.33. The summed E-state index contributed by atoms with van der Waals surface area (Å²) in [7, 11) is 1.38. The lowest BCUT2D eigenvalue weighted by atomic mass is 10.0. The van der Waals surface area contributed by atoms with E-state index in [1.165, 1.54) is 25.2 Å². The number of para-hydroxylation sites is 1. The third-order valence-electron chi connectivity index (χ3n) is 3.27. The van der Waals surface area contributed by atoms with Crippen LogP contribution in [-0.2, 0) is 9.59 Å². The number of hydrogen-bond acceptors (Lipinski definition) is 5. The number of hydrogen-bond donors (Lipinski definition) is 3. The van der Waals surface area contributed by atoms with E-state index in [0.29, 0.717) is 0 Å². The lowest BCUT2D eigenvalue weighted by Gasteiger charge is -2.28. The van der Waals surface area contributed by atoms with Crippen molar-refractivity contribution in [1.29, 1.82) is 0 Å². The third kappa shape index (κ3) is 2.42. The second kappa shape index (κ2) is 5.20. The Morgan fingerprint density at radius 2 is 2.15 bits per heavy atom. The van der Waals surface area contributed by atoms with E-state index in [2.05, 4.69) is 5.32 Å². The molecule has 1 aliphatic rings.